The minimum atomic E-state index is -0.422. The predicted octanol–water partition coefficient (Wildman–Crippen LogP) is 1.81. The van der Waals surface area contributed by atoms with Crippen LogP contribution in [0, 0.1) is 0 Å². The topological polar surface area (TPSA) is 76.7 Å². The normalized spacial score (nSPS) is 10.7. The van der Waals surface area contributed by atoms with E-state index in [4.69, 9.17) is 0 Å². The first-order valence-corrected chi connectivity index (χ1v) is 6.38. The van der Waals surface area contributed by atoms with Gasteiger partial charge >= 0.3 is 5.97 Å². The van der Waals surface area contributed by atoms with Crippen LogP contribution in [0.5, 0.6) is 5.75 Å². The van der Waals surface area contributed by atoms with Crippen molar-refractivity contribution in [1.82, 2.24) is 14.6 Å². The molecule has 1 aromatic carbocycles. The van der Waals surface area contributed by atoms with Crippen LogP contribution in [0.1, 0.15) is 21.7 Å². The lowest BCUT2D eigenvalue weighted by molar-refractivity contribution is 0.0600. The molecule has 0 aliphatic rings. The van der Waals surface area contributed by atoms with Crippen molar-refractivity contribution in [3.63, 3.8) is 0 Å². The molecule has 3 aromatic rings. The number of hydrogen-bond donors (Lipinski definition) is 1. The van der Waals surface area contributed by atoms with Crippen molar-refractivity contribution in [2.24, 2.45) is 0 Å². The van der Waals surface area contributed by atoms with E-state index < -0.39 is 5.97 Å². The number of fused-ring (bicyclic) bond motifs is 1. The van der Waals surface area contributed by atoms with Crippen LogP contribution >= 0.6 is 0 Å². The molecule has 0 radical (unpaired) electrons. The first-order chi connectivity index (χ1) is 10.2. The molecular formula is C15H13N3O3. The smallest absolute Gasteiger partial charge is 0.339 e. The summed E-state index contributed by atoms with van der Waals surface area (Å²) < 4.78 is 6.20. The average molecular weight is 283 g/mol. The summed E-state index contributed by atoms with van der Waals surface area (Å²) in [5, 5.41) is 14.1. The van der Waals surface area contributed by atoms with Gasteiger partial charge in [-0.3, -0.25) is 0 Å². The Balaban J connectivity index is 1.94. The molecule has 21 heavy (non-hydrogen) atoms. The van der Waals surface area contributed by atoms with Crippen molar-refractivity contribution >= 4 is 11.6 Å². The lowest BCUT2D eigenvalue weighted by atomic mass is 10.1. The van der Waals surface area contributed by atoms with E-state index in [9.17, 15) is 9.90 Å². The highest BCUT2D eigenvalue weighted by molar-refractivity contribution is 5.89. The van der Waals surface area contributed by atoms with Gasteiger partial charge in [-0.1, -0.05) is 18.2 Å². The monoisotopic (exact) mass is 283 g/mol. The number of ether oxygens (including phenoxy) is 1. The fourth-order valence-corrected chi connectivity index (χ4v) is 2.07. The molecule has 2 aromatic heterocycles. The molecule has 0 spiro atoms. The third-order valence-corrected chi connectivity index (χ3v) is 3.14. The van der Waals surface area contributed by atoms with E-state index in [0.29, 0.717) is 23.5 Å². The number of benzene rings is 1. The Bertz CT molecular complexity index is 811. The number of para-hydroxylation sites is 1. The first kappa shape index (κ1) is 13.1. The molecule has 0 saturated heterocycles. The molecule has 3 rings (SSSR count). The molecule has 1 N–H and O–H groups in total. The minimum absolute atomic E-state index is 0.214. The molecule has 0 aliphatic heterocycles. The fraction of sp³-hybridized carbons (Fsp3) is 0.133. The number of carbonyl (C=O) groups is 1. The van der Waals surface area contributed by atoms with E-state index in [1.165, 1.54) is 11.6 Å². The maximum Gasteiger partial charge on any atom is 0.339 e. The van der Waals surface area contributed by atoms with Crippen LogP contribution in [0.3, 0.4) is 0 Å². The van der Waals surface area contributed by atoms with Gasteiger partial charge in [-0.15, -0.1) is 0 Å². The number of phenols is 1. The van der Waals surface area contributed by atoms with Crippen LogP contribution in [0.2, 0.25) is 0 Å². The highest BCUT2D eigenvalue weighted by Crippen LogP contribution is 2.18. The fourth-order valence-electron chi connectivity index (χ4n) is 2.07. The number of carbonyl (C=O) groups excluding carboxylic acids is 1. The third-order valence-electron chi connectivity index (χ3n) is 3.14. The Morgan fingerprint density at radius 1 is 1.29 bits per heavy atom. The zero-order chi connectivity index (χ0) is 14.8. The van der Waals surface area contributed by atoms with Crippen LogP contribution in [-0.4, -0.2) is 32.8 Å². The van der Waals surface area contributed by atoms with Gasteiger partial charge in [0.05, 0.1) is 12.7 Å². The average Bonchev–Trinajstić information content (AvgIpc) is 2.90. The second-order valence-electron chi connectivity index (χ2n) is 4.55. The molecule has 0 amide bonds. The SMILES string of the molecule is COC(=O)c1ccc2nc(Cc3ccccc3O)nn2c1. The van der Waals surface area contributed by atoms with Gasteiger partial charge in [0.25, 0.3) is 0 Å². The Hall–Kier alpha value is -2.89. The maximum absolute atomic E-state index is 11.5. The zero-order valence-corrected chi connectivity index (χ0v) is 11.4. The molecule has 0 atom stereocenters. The van der Waals surface area contributed by atoms with E-state index >= 15 is 0 Å². The summed E-state index contributed by atoms with van der Waals surface area (Å²) in [7, 11) is 1.33. The zero-order valence-electron chi connectivity index (χ0n) is 11.4. The largest absolute Gasteiger partial charge is 0.508 e. The summed E-state index contributed by atoms with van der Waals surface area (Å²) in [5.74, 6) is 0.361. The summed E-state index contributed by atoms with van der Waals surface area (Å²) in [6.45, 7) is 0. The Morgan fingerprint density at radius 3 is 2.86 bits per heavy atom. The van der Waals surface area contributed by atoms with Gasteiger partial charge < -0.3 is 9.84 Å². The lowest BCUT2D eigenvalue weighted by Gasteiger charge is -1.99. The summed E-state index contributed by atoms with van der Waals surface area (Å²) in [6.07, 6.45) is 1.99. The summed E-state index contributed by atoms with van der Waals surface area (Å²) in [5.41, 5.74) is 1.79. The van der Waals surface area contributed by atoms with E-state index in [-0.39, 0.29) is 5.75 Å². The molecule has 0 fully saturated rings. The number of hydrogen-bond acceptors (Lipinski definition) is 5. The second-order valence-corrected chi connectivity index (χ2v) is 4.55. The van der Waals surface area contributed by atoms with Crippen molar-refractivity contribution in [1.29, 1.82) is 0 Å². The summed E-state index contributed by atoms with van der Waals surface area (Å²) in [4.78, 5) is 15.8. The predicted molar refractivity (Wildman–Crippen MR) is 75.2 cm³/mol. The minimum Gasteiger partial charge on any atom is -0.508 e. The van der Waals surface area contributed by atoms with Crippen molar-refractivity contribution in [2.45, 2.75) is 6.42 Å². The maximum atomic E-state index is 11.5. The molecule has 2 heterocycles. The highest BCUT2D eigenvalue weighted by Gasteiger charge is 2.10. The van der Waals surface area contributed by atoms with Gasteiger partial charge in [-0.25, -0.2) is 14.3 Å². The van der Waals surface area contributed by atoms with Crippen LogP contribution in [-0.2, 0) is 11.2 Å². The number of phenolic OH excluding ortho intramolecular Hbond substituents is 1. The molecule has 6 nitrogen and oxygen atoms in total. The summed E-state index contributed by atoms with van der Waals surface area (Å²) >= 11 is 0. The molecule has 6 heteroatoms. The quantitative estimate of drug-likeness (QED) is 0.742. The van der Waals surface area contributed by atoms with Crippen LogP contribution in [0.25, 0.3) is 5.65 Å². The van der Waals surface area contributed by atoms with E-state index in [1.54, 1.807) is 30.5 Å². The standard InChI is InChI=1S/C15H13N3O3/c1-21-15(20)11-6-7-14-16-13(17-18(14)9-11)8-10-4-2-3-5-12(10)19/h2-7,9,19H,8H2,1H3. The number of pyridine rings is 1. The van der Waals surface area contributed by atoms with E-state index in [0.717, 1.165) is 5.56 Å². The van der Waals surface area contributed by atoms with E-state index in [1.807, 2.05) is 12.1 Å². The number of methoxy groups -OCH3 is 1. The first-order valence-electron chi connectivity index (χ1n) is 6.38. The van der Waals surface area contributed by atoms with E-state index in [2.05, 4.69) is 14.8 Å². The number of nitrogens with zero attached hydrogens (tertiary/aromatic N) is 3. The summed E-state index contributed by atoms with van der Waals surface area (Å²) in [6, 6.07) is 10.4. The molecule has 106 valence electrons. The highest BCUT2D eigenvalue weighted by atomic mass is 16.5. The molecule has 0 saturated carbocycles. The Morgan fingerprint density at radius 2 is 2.10 bits per heavy atom. The number of esters is 1. The van der Waals surface area contributed by atoms with Gasteiger partial charge in [0, 0.05) is 18.2 Å². The number of aromatic nitrogens is 3. The molecular weight excluding hydrogens is 270 g/mol. The van der Waals surface area contributed by atoms with Crippen LogP contribution in [0.15, 0.2) is 42.6 Å². The van der Waals surface area contributed by atoms with Gasteiger partial charge in [-0.2, -0.15) is 5.10 Å². The van der Waals surface area contributed by atoms with Crippen LogP contribution in [0.4, 0.5) is 0 Å². The van der Waals surface area contributed by atoms with Gasteiger partial charge in [0.2, 0.25) is 0 Å². The number of rotatable bonds is 3. The Kier molecular flexibility index (Phi) is 3.27. The van der Waals surface area contributed by atoms with Gasteiger partial charge in [0.15, 0.2) is 11.5 Å². The van der Waals surface area contributed by atoms with Crippen molar-refractivity contribution in [3.8, 4) is 5.75 Å². The Labute approximate surface area is 120 Å². The number of aromatic hydroxyl groups is 1. The van der Waals surface area contributed by atoms with Crippen LogP contribution < -0.4 is 0 Å². The van der Waals surface area contributed by atoms with Crippen molar-refractivity contribution in [2.75, 3.05) is 7.11 Å². The molecule has 0 bridgehead atoms. The lowest BCUT2D eigenvalue weighted by Crippen LogP contribution is -2.03. The molecule has 0 aliphatic carbocycles. The second kappa shape index (κ2) is 5.24. The molecule has 0 unspecified atom stereocenters. The van der Waals surface area contributed by atoms with Crippen molar-refractivity contribution in [3.05, 3.63) is 59.5 Å². The van der Waals surface area contributed by atoms with Gasteiger partial charge in [0.1, 0.15) is 5.75 Å². The van der Waals surface area contributed by atoms with Crippen molar-refractivity contribution < 1.29 is 14.6 Å². The van der Waals surface area contributed by atoms with Gasteiger partial charge in [-0.05, 0) is 18.2 Å². The third kappa shape index (κ3) is 2.55.